The van der Waals surface area contributed by atoms with Crippen molar-refractivity contribution in [3.8, 4) is 0 Å². The zero-order valence-electron chi connectivity index (χ0n) is 12.6. The monoisotopic (exact) mass is 281 g/mol. The van der Waals surface area contributed by atoms with E-state index in [1.807, 2.05) is 0 Å². The Bertz CT molecular complexity index is 330. The van der Waals surface area contributed by atoms with Gasteiger partial charge >= 0.3 is 11.8 Å². The standard InChI is InChI=1S/C15H27N3O2/c1-2-4-13-5-10-18(11-6-13)15(20)14(19)17-9-3-7-16-8-12-17/h13,16H,2-12H2,1H3. The number of piperidine rings is 1. The van der Waals surface area contributed by atoms with E-state index in [-0.39, 0.29) is 11.8 Å². The zero-order chi connectivity index (χ0) is 14.4. The third-order valence-corrected chi connectivity index (χ3v) is 4.41. The van der Waals surface area contributed by atoms with Gasteiger partial charge in [-0.25, -0.2) is 0 Å². The molecule has 1 N–H and O–H groups in total. The maximum atomic E-state index is 12.3. The van der Waals surface area contributed by atoms with Crippen LogP contribution >= 0.6 is 0 Å². The van der Waals surface area contributed by atoms with Gasteiger partial charge in [-0.15, -0.1) is 0 Å². The Morgan fingerprint density at radius 2 is 1.65 bits per heavy atom. The van der Waals surface area contributed by atoms with Crippen molar-refractivity contribution in [2.45, 2.75) is 39.0 Å². The van der Waals surface area contributed by atoms with E-state index >= 15 is 0 Å². The maximum absolute atomic E-state index is 12.3. The summed E-state index contributed by atoms with van der Waals surface area (Å²) in [6.45, 7) is 6.77. The first-order valence-corrected chi connectivity index (χ1v) is 8.01. The maximum Gasteiger partial charge on any atom is 0.312 e. The summed E-state index contributed by atoms with van der Waals surface area (Å²) in [5.41, 5.74) is 0. The summed E-state index contributed by atoms with van der Waals surface area (Å²) in [5, 5.41) is 3.25. The summed E-state index contributed by atoms with van der Waals surface area (Å²) < 4.78 is 0. The smallest absolute Gasteiger partial charge is 0.312 e. The summed E-state index contributed by atoms with van der Waals surface area (Å²) in [7, 11) is 0. The summed E-state index contributed by atoms with van der Waals surface area (Å²) >= 11 is 0. The molecule has 0 aromatic heterocycles. The molecule has 0 bridgehead atoms. The van der Waals surface area contributed by atoms with E-state index in [4.69, 9.17) is 0 Å². The van der Waals surface area contributed by atoms with E-state index in [9.17, 15) is 9.59 Å². The van der Waals surface area contributed by atoms with Gasteiger partial charge in [0.05, 0.1) is 0 Å². The predicted molar refractivity (Wildman–Crippen MR) is 78.3 cm³/mol. The van der Waals surface area contributed by atoms with E-state index in [1.54, 1.807) is 9.80 Å². The Morgan fingerprint density at radius 1 is 1.00 bits per heavy atom. The Hall–Kier alpha value is -1.10. The summed E-state index contributed by atoms with van der Waals surface area (Å²) in [6.07, 6.45) is 5.48. The largest absolute Gasteiger partial charge is 0.334 e. The van der Waals surface area contributed by atoms with Crippen LogP contribution in [0.4, 0.5) is 0 Å². The van der Waals surface area contributed by atoms with Crippen LogP contribution in [0.1, 0.15) is 39.0 Å². The number of carbonyl (C=O) groups excluding carboxylic acids is 2. The second-order valence-corrected chi connectivity index (χ2v) is 5.92. The second kappa shape index (κ2) is 7.62. The molecule has 2 amide bonds. The SMILES string of the molecule is CCCC1CCN(C(=O)C(=O)N2CCCNCC2)CC1. The molecule has 0 aromatic carbocycles. The molecule has 2 rings (SSSR count). The molecule has 5 heteroatoms. The first-order chi connectivity index (χ1) is 9.72. The zero-order valence-corrected chi connectivity index (χ0v) is 12.6. The van der Waals surface area contributed by atoms with E-state index < -0.39 is 0 Å². The molecule has 2 aliphatic rings. The van der Waals surface area contributed by atoms with Crippen molar-refractivity contribution in [3.05, 3.63) is 0 Å². The first-order valence-electron chi connectivity index (χ1n) is 8.01. The lowest BCUT2D eigenvalue weighted by Crippen LogP contribution is -2.48. The van der Waals surface area contributed by atoms with Crippen molar-refractivity contribution in [2.24, 2.45) is 5.92 Å². The van der Waals surface area contributed by atoms with Crippen LogP contribution in [-0.4, -0.2) is 60.9 Å². The van der Waals surface area contributed by atoms with Crippen LogP contribution in [0.25, 0.3) is 0 Å². The van der Waals surface area contributed by atoms with Gasteiger partial charge in [0, 0.05) is 32.7 Å². The number of amides is 2. The summed E-state index contributed by atoms with van der Waals surface area (Å²) in [4.78, 5) is 28.0. The lowest BCUT2D eigenvalue weighted by molar-refractivity contribution is -0.152. The van der Waals surface area contributed by atoms with Crippen molar-refractivity contribution in [2.75, 3.05) is 39.3 Å². The molecule has 20 heavy (non-hydrogen) atoms. The molecule has 114 valence electrons. The molecule has 0 unspecified atom stereocenters. The number of likely N-dealkylation sites (tertiary alicyclic amines) is 1. The van der Waals surface area contributed by atoms with Gasteiger partial charge in [-0.1, -0.05) is 19.8 Å². The second-order valence-electron chi connectivity index (χ2n) is 5.92. The van der Waals surface area contributed by atoms with Crippen LogP contribution in [0.3, 0.4) is 0 Å². The number of hydrogen-bond donors (Lipinski definition) is 1. The van der Waals surface area contributed by atoms with Gasteiger partial charge in [0.15, 0.2) is 0 Å². The lowest BCUT2D eigenvalue weighted by Gasteiger charge is -2.32. The highest BCUT2D eigenvalue weighted by atomic mass is 16.2. The summed E-state index contributed by atoms with van der Waals surface area (Å²) in [6, 6.07) is 0. The average molecular weight is 281 g/mol. The minimum atomic E-state index is -0.303. The van der Waals surface area contributed by atoms with Crippen LogP contribution < -0.4 is 5.32 Å². The highest BCUT2D eigenvalue weighted by Crippen LogP contribution is 2.21. The fraction of sp³-hybridized carbons (Fsp3) is 0.867. The Kier molecular flexibility index (Phi) is 5.83. The minimum Gasteiger partial charge on any atom is -0.334 e. The van der Waals surface area contributed by atoms with E-state index in [1.165, 1.54) is 12.8 Å². The van der Waals surface area contributed by atoms with Crippen molar-refractivity contribution < 1.29 is 9.59 Å². The van der Waals surface area contributed by atoms with E-state index in [0.717, 1.165) is 51.4 Å². The molecule has 2 fully saturated rings. The normalized spacial score (nSPS) is 21.6. The molecule has 0 radical (unpaired) electrons. The minimum absolute atomic E-state index is 0.290. The van der Waals surface area contributed by atoms with Crippen LogP contribution in [-0.2, 0) is 9.59 Å². The molecule has 2 aliphatic heterocycles. The highest BCUT2D eigenvalue weighted by molar-refractivity contribution is 6.34. The average Bonchev–Trinajstić information content (AvgIpc) is 2.76. The molecular weight excluding hydrogens is 254 g/mol. The number of rotatable bonds is 2. The van der Waals surface area contributed by atoms with Crippen molar-refractivity contribution in [1.82, 2.24) is 15.1 Å². The Balaban J connectivity index is 1.83. The van der Waals surface area contributed by atoms with Gasteiger partial charge in [0.2, 0.25) is 0 Å². The molecule has 0 saturated carbocycles. The third kappa shape index (κ3) is 3.95. The van der Waals surface area contributed by atoms with Gasteiger partial charge in [-0.3, -0.25) is 9.59 Å². The van der Waals surface area contributed by atoms with Gasteiger partial charge in [-0.05, 0) is 31.7 Å². The van der Waals surface area contributed by atoms with Crippen molar-refractivity contribution >= 4 is 11.8 Å². The van der Waals surface area contributed by atoms with Crippen LogP contribution in [0.5, 0.6) is 0 Å². The Morgan fingerprint density at radius 3 is 2.30 bits per heavy atom. The van der Waals surface area contributed by atoms with Crippen molar-refractivity contribution in [1.29, 1.82) is 0 Å². The molecular formula is C15H27N3O2. The number of nitrogens with one attached hydrogen (secondary N) is 1. The molecule has 0 atom stereocenters. The fourth-order valence-electron chi connectivity index (χ4n) is 3.15. The van der Waals surface area contributed by atoms with E-state index in [0.29, 0.717) is 13.1 Å². The summed E-state index contributed by atoms with van der Waals surface area (Å²) in [5.74, 6) is 0.144. The topological polar surface area (TPSA) is 52.7 Å². The van der Waals surface area contributed by atoms with Crippen LogP contribution in [0, 0.1) is 5.92 Å². The molecule has 2 heterocycles. The lowest BCUT2D eigenvalue weighted by atomic mass is 9.92. The van der Waals surface area contributed by atoms with Crippen molar-refractivity contribution in [3.63, 3.8) is 0 Å². The van der Waals surface area contributed by atoms with Crippen LogP contribution in [0.2, 0.25) is 0 Å². The van der Waals surface area contributed by atoms with Gasteiger partial charge in [0.1, 0.15) is 0 Å². The van der Waals surface area contributed by atoms with E-state index in [2.05, 4.69) is 12.2 Å². The number of hydrogen-bond acceptors (Lipinski definition) is 3. The fourth-order valence-corrected chi connectivity index (χ4v) is 3.15. The molecule has 5 nitrogen and oxygen atoms in total. The number of carbonyl (C=O) groups is 2. The Labute approximate surface area is 121 Å². The molecule has 0 spiro atoms. The number of nitrogens with zero attached hydrogens (tertiary/aromatic N) is 2. The third-order valence-electron chi connectivity index (χ3n) is 4.41. The van der Waals surface area contributed by atoms with Gasteiger partial charge < -0.3 is 15.1 Å². The van der Waals surface area contributed by atoms with Gasteiger partial charge in [-0.2, -0.15) is 0 Å². The quantitative estimate of drug-likeness (QED) is 0.763. The first kappa shape index (κ1) is 15.3. The molecule has 0 aliphatic carbocycles. The molecule has 0 aromatic rings. The molecule has 2 saturated heterocycles. The predicted octanol–water partition coefficient (Wildman–Crippen LogP) is 0.847. The van der Waals surface area contributed by atoms with Gasteiger partial charge in [0.25, 0.3) is 0 Å². The highest BCUT2D eigenvalue weighted by Gasteiger charge is 2.30. The van der Waals surface area contributed by atoms with Crippen LogP contribution in [0.15, 0.2) is 0 Å².